The van der Waals surface area contributed by atoms with Crippen LogP contribution < -0.4 is 9.47 Å². The molecule has 2 aromatic rings. The second-order valence-corrected chi connectivity index (χ2v) is 5.61. The summed E-state index contributed by atoms with van der Waals surface area (Å²) in [6.07, 6.45) is 2.73. The number of methoxy groups -OCH3 is 2. The molecular formula is C17H23NO4. The third kappa shape index (κ3) is 3.72. The maximum absolute atomic E-state index is 11.9. The number of esters is 1. The third-order valence-corrected chi connectivity index (χ3v) is 3.54. The van der Waals surface area contributed by atoms with Crippen molar-refractivity contribution < 1.29 is 19.0 Å². The molecule has 5 nitrogen and oxygen atoms in total. The number of aromatic nitrogens is 1. The predicted octanol–water partition coefficient (Wildman–Crippen LogP) is 3.25. The molecule has 120 valence electrons. The topological polar surface area (TPSA) is 49.7 Å². The fourth-order valence-electron chi connectivity index (χ4n) is 2.26. The highest BCUT2D eigenvalue weighted by atomic mass is 16.5. The van der Waals surface area contributed by atoms with E-state index in [0.29, 0.717) is 18.3 Å². The molecule has 0 spiro atoms. The highest BCUT2D eigenvalue weighted by Crippen LogP contribution is 2.31. The summed E-state index contributed by atoms with van der Waals surface area (Å²) in [5.41, 5.74) is 0.886. The predicted molar refractivity (Wildman–Crippen MR) is 85.5 cm³/mol. The number of hydrogen-bond donors (Lipinski definition) is 0. The van der Waals surface area contributed by atoms with E-state index < -0.39 is 0 Å². The molecule has 0 saturated carbocycles. The quantitative estimate of drug-likeness (QED) is 0.737. The van der Waals surface area contributed by atoms with E-state index in [0.717, 1.165) is 23.1 Å². The van der Waals surface area contributed by atoms with Crippen LogP contribution in [0.25, 0.3) is 10.9 Å². The minimum absolute atomic E-state index is 0.178. The monoisotopic (exact) mass is 305 g/mol. The summed E-state index contributed by atoms with van der Waals surface area (Å²) in [5, 5.41) is 0.943. The first-order valence-corrected chi connectivity index (χ1v) is 7.41. The molecule has 1 heterocycles. The zero-order valence-electron chi connectivity index (χ0n) is 13.6. The van der Waals surface area contributed by atoms with Crippen molar-refractivity contribution in [3.05, 3.63) is 24.4 Å². The molecule has 0 saturated heterocycles. The molecule has 0 amide bonds. The molecule has 0 N–H and O–H groups in total. The van der Waals surface area contributed by atoms with Crippen molar-refractivity contribution in [3.8, 4) is 11.5 Å². The van der Waals surface area contributed by atoms with Gasteiger partial charge in [-0.1, -0.05) is 13.8 Å². The van der Waals surface area contributed by atoms with Gasteiger partial charge < -0.3 is 18.8 Å². The van der Waals surface area contributed by atoms with E-state index in [9.17, 15) is 4.79 Å². The summed E-state index contributed by atoms with van der Waals surface area (Å²) in [4.78, 5) is 11.9. The van der Waals surface area contributed by atoms with E-state index in [-0.39, 0.29) is 12.5 Å². The number of benzene rings is 1. The van der Waals surface area contributed by atoms with Gasteiger partial charge in [0.2, 0.25) is 0 Å². The van der Waals surface area contributed by atoms with E-state index >= 15 is 0 Å². The van der Waals surface area contributed by atoms with Crippen LogP contribution in [0.4, 0.5) is 0 Å². The number of fused-ring (bicyclic) bond motifs is 1. The molecular weight excluding hydrogens is 282 g/mol. The lowest BCUT2D eigenvalue weighted by Gasteiger charge is -2.10. The van der Waals surface area contributed by atoms with Gasteiger partial charge in [-0.3, -0.25) is 4.79 Å². The lowest BCUT2D eigenvalue weighted by Crippen LogP contribution is -2.14. The maximum Gasteiger partial charge on any atom is 0.325 e. The molecule has 22 heavy (non-hydrogen) atoms. The van der Waals surface area contributed by atoms with Gasteiger partial charge in [0.1, 0.15) is 18.0 Å². The number of nitrogens with zero attached hydrogens (tertiary/aromatic N) is 1. The van der Waals surface area contributed by atoms with Gasteiger partial charge in [-0.05, 0) is 18.4 Å². The number of hydrogen-bond acceptors (Lipinski definition) is 4. The van der Waals surface area contributed by atoms with Crippen molar-refractivity contribution in [2.75, 3.05) is 20.8 Å². The van der Waals surface area contributed by atoms with Gasteiger partial charge in [0.15, 0.2) is 0 Å². The first kappa shape index (κ1) is 16.2. The highest BCUT2D eigenvalue weighted by Gasteiger charge is 2.12. The molecule has 0 aliphatic heterocycles. The minimum atomic E-state index is -0.236. The van der Waals surface area contributed by atoms with Gasteiger partial charge in [0.25, 0.3) is 0 Å². The molecule has 0 fully saturated rings. The first-order chi connectivity index (χ1) is 10.5. The molecule has 0 unspecified atom stereocenters. The van der Waals surface area contributed by atoms with Gasteiger partial charge in [0.05, 0.1) is 26.3 Å². The average Bonchev–Trinajstić information content (AvgIpc) is 2.88. The van der Waals surface area contributed by atoms with E-state index in [1.54, 1.807) is 14.2 Å². The smallest absolute Gasteiger partial charge is 0.325 e. The molecule has 0 radical (unpaired) electrons. The third-order valence-electron chi connectivity index (χ3n) is 3.54. The van der Waals surface area contributed by atoms with Crippen LogP contribution in [-0.4, -0.2) is 31.4 Å². The molecule has 5 heteroatoms. The van der Waals surface area contributed by atoms with Crippen LogP contribution >= 0.6 is 0 Å². The Morgan fingerprint density at radius 2 is 2.00 bits per heavy atom. The van der Waals surface area contributed by atoms with Crippen molar-refractivity contribution in [2.24, 2.45) is 5.92 Å². The van der Waals surface area contributed by atoms with Crippen molar-refractivity contribution >= 4 is 16.9 Å². The van der Waals surface area contributed by atoms with Crippen LogP contribution in [-0.2, 0) is 16.1 Å². The van der Waals surface area contributed by atoms with Crippen LogP contribution in [0.3, 0.4) is 0 Å². The second-order valence-electron chi connectivity index (χ2n) is 5.61. The van der Waals surface area contributed by atoms with Gasteiger partial charge in [-0.15, -0.1) is 0 Å². The van der Waals surface area contributed by atoms with Crippen LogP contribution in [0.5, 0.6) is 11.5 Å². The normalized spacial score (nSPS) is 11.0. The zero-order valence-corrected chi connectivity index (χ0v) is 13.6. The molecule has 0 bridgehead atoms. The minimum Gasteiger partial charge on any atom is -0.497 e. The average molecular weight is 305 g/mol. The van der Waals surface area contributed by atoms with Crippen LogP contribution in [0.2, 0.25) is 0 Å². The molecule has 2 rings (SSSR count). The molecule has 1 aromatic carbocycles. The zero-order chi connectivity index (χ0) is 16.1. The Balaban J connectivity index is 2.16. The Morgan fingerprint density at radius 1 is 1.23 bits per heavy atom. The van der Waals surface area contributed by atoms with Gasteiger partial charge >= 0.3 is 5.97 Å². The lowest BCUT2D eigenvalue weighted by atomic mass is 10.1. The van der Waals surface area contributed by atoms with E-state index in [2.05, 4.69) is 13.8 Å². The summed E-state index contributed by atoms with van der Waals surface area (Å²) in [7, 11) is 3.22. The summed E-state index contributed by atoms with van der Waals surface area (Å²) in [6, 6.07) is 5.64. The summed E-state index contributed by atoms with van der Waals surface area (Å²) in [5.74, 6) is 1.70. The standard InChI is InChI=1S/C17H23NO4/c1-12(2)6-8-22-17(19)11-18-7-5-14-15(18)9-13(20-3)10-16(14)21-4/h5,7,9-10,12H,6,8,11H2,1-4H3. The number of carbonyl (C=O) groups excluding carboxylic acids is 1. The fourth-order valence-corrected chi connectivity index (χ4v) is 2.26. The van der Waals surface area contributed by atoms with E-state index in [1.165, 1.54) is 0 Å². The Bertz CT molecular complexity index is 645. The van der Waals surface area contributed by atoms with E-state index in [1.807, 2.05) is 29.0 Å². The van der Waals surface area contributed by atoms with Crippen molar-refractivity contribution in [1.82, 2.24) is 4.57 Å². The maximum atomic E-state index is 11.9. The van der Waals surface area contributed by atoms with Crippen molar-refractivity contribution in [2.45, 2.75) is 26.8 Å². The van der Waals surface area contributed by atoms with Crippen LogP contribution in [0, 0.1) is 5.92 Å². The molecule has 1 aromatic heterocycles. The van der Waals surface area contributed by atoms with Gasteiger partial charge in [0, 0.05) is 23.7 Å². The van der Waals surface area contributed by atoms with E-state index in [4.69, 9.17) is 14.2 Å². The fraction of sp³-hybridized carbons (Fsp3) is 0.471. The Labute approximate surface area is 130 Å². The lowest BCUT2D eigenvalue weighted by molar-refractivity contribution is -0.144. The Hall–Kier alpha value is -2.17. The summed E-state index contributed by atoms with van der Waals surface area (Å²) >= 11 is 0. The summed E-state index contributed by atoms with van der Waals surface area (Å²) in [6.45, 7) is 4.85. The Kier molecular flexibility index (Phi) is 5.31. The number of rotatable bonds is 7. The molecule has 0 aliphatic carbocycles. The second kappa shape index (κ2) is 7.20. The SMILES string of the molecule is COc1cc(OC)c2ccn(CC(=O)OCCC(C)C)c2c1. The first-order valence-electron chi connectivity index (χ1n) is 7.41. The van der Waals surface area contributed by atoms with Crippen LogP contribution in [0.1, 0.15) is 20.3 Å². The van der Waals surface area contributed by atoms with Gasteiger partial charge in [-0.25, -0.2) is 0 Å². The van der Waals surface area contributed by atoms with Crippen LogP contribution in [0.15, 0.2) is 24.4 Å². The largest absolute Gasteiger partial charge is 0.497 e. The molecule has 0 aliphatic rings. The molecule has 0 atom stereocenters. The summed E-state index contributed by atoms with van der Waals surface area (Å²) < 4.78 is 17.8. The highest BCUT2D eigenvalue weighted by molar-refractivity contribution is 5.89. The number of carbonyl (C=O) groups is 1. The van der Waals surface area contributed by atoms with Crippen molar-refractivity contribution in [3.63, 3.8) is 0 Å². The number of ether oxygens (including phenoxy) is 3. The van der Waals surface area contributed by atoms with Gasteiger partial charge in [-0.2, -0.15) is 0 Å². The Morgan fingerprint density at radius 3 is 2.64 bits per heavy atom. The van der Waals surface area contributed by atoms with Crippen molar-refractivity contribution in [1.29, 1.82) is 0 Å².